The van der Waals surface area contributed by atoms with Gasteiger partial charge in [0.2, 0.25) is 0 Å². The van der Waals surface area contributed by atoms with Crippen molar-refractivity contribution in [3.05, 3.63) is 21.9 Å². The Balaban J connectivity index is 1.89. The molecule has 1 aliphatic carbocycles. The molecule has 3 N–H and O–H groups in total. The van der Waals surface area contributed by atoms with Crippen molar-refractivity contribution in [1.82, 2.24) is 4.90 Å². The summed E-state index contributed by atoms with van der Waals surface area (Å²) in [6.45, 7) is 0. The summed E-state index contributed by atoms with van der Waals surface area (Å²) in [5, 5.41) is 9.46. The fourth-order valence-corrected chi connectivity index (χ4v) is 4.49. The van der Waals surface area contributed by atoms with Crippen molar-refractivity contribution < 1.29 is 19.5 Å². The molecule has 2 heterocycles. The van der Waals surface area contributed by atoms with E-state index < -0.39 is 17.9 Å². The Morgan fingerprint density at radius 1 is 1.18 bits per heavy atom. The molecule has 7 heteroatoms. The topological polar surface area (TPSA) is 101 Å². The lowest BCUT2D eigenvalue weighted by atomic mass is 9.85. The van der Waals surface area contributed by atoms with E-state index in [-0.39, 0.29) is 17.9 Å². The summed E-state index contributed by atoms with van der Waals surface area (Å²) in [5.74, 6) is -1.54. The molecule has 3 atom stereocenters. The molecule has 0 aromatic carbocycles. The fraction of sp³-hybridized carbons (Fsp3) is 0.533. The van der Waals surface area contributed by atoms with Crippen LogP contribution in [0.25, 0.3) is 0 Å². The van der Waals surface area contributed by atoms with Gasteiger partial charge in [0, 0.05) is 6.04 Å². The lowest BCUT2D eigenvalue weighted by Gasteiger charge is -2.32. The Bertz CT molecular complexity index is 627. The van der Waals surface area contributed by atoms with Crippen molar-refractivity contribution in [2.75, 3.05) is 0 Å². The first-order valence-electron chi connectivity index (χ1n) is 7.44. The molecule has 1 aromatic rings. The summed E-state index contributed by atoms with van der Waals surface area (Å²) < 4.78 is 0. The second kappa shape index (κ2) is 5.72. The van der Waals surface area contributed by atoms with E-state index in [0.717, 1.165) is 37.0 Å². The minimum Gasteiger partial charge on any atom is -0.480 e. The standard InChI is InChI=1S/C15H18N2O4S/c16-13(18)11-5-6-12(22-11)14(19)17-9-4-2-1-3-8(9)7-10(17)15(20)21/h5-6,8-10H,1-4,7H2,(H2,16,18)(H,20,21)/t8-,9+,10+/m1/s1. The number of carboxylic acids is 1. The summed E-state index contributed by atoms with van der Waals surface area (Å²) in [6.07, 6.45) is 4.48. The average Bonchev–Trinajstić information content (AvgIpc) is 3.11. The van der Waals surface area contributed by atoms with Gasteiger partial charge in [0.05, 0.1) is 9.75 Å². The third-order valence-electron chi connectivity index (χ3n) is 4.67. The van der Waals surface area contributed by atoms with Gasteiger partial charge in [0.1, 0.15) is 6.04 Å². The molecule has 1 saturated heterocycles. The first-order chi connectivity index (χ1) is 10.5. The van der Waals surface area contributed by atoms with E-state index in [1.54, 1.807) is 6.07 Å². The van der Waals surface area contributed by atoms with Crippen LogP contribution in [0, 0.1) is 5.92 Å². The van der Waals surface area contributed by atoms with Gasteiger partial charge in [0.25, 0.3) is 11.8 Å². The molecule has 2 fully saturated rings. The molecular weight excluding hydrogens is 304 g/mol. The predicted molar refractivity (Wildman–Crippen MR) is 80.8 cm³/mol. The summed E-state index contributed by atoms with van der Waals surface area (Å²) in [7, 11) is 0. The van der Waals surface area contributed by atoms with Gasteiger partial charge in [0.15, 0.2) is 0 Å². The summed E-state index contributed by atoms with van der Waals surface area (Å²) in [4.78, 5) is 37.7. The lowest BCUT2D eigenvalue weighted by molar-refractivity contribution is -0.141. The molecule has 0 unspecified atom stereocenters. The Morgan fingerprint density at radius 3 is 2.50 bits per heavy atom. The van der Waals surface area contributed by atoms with Gasteiger partial charge in [-0.25, -0.2) is 4.79 Å². The molecule has 3 rings (SSSR count). The zero-order valence-corrected chi connectivity index (χ0v) is 12.8. The molecule has 1 aromatic heterocycles. The van der Waals surface area contributed by atoms with Gasteiger partial charge < -0.3 is 15.7 Å². The maximum atomic E-state index is 12.8. The average molecular weight is 322 g/mol. The quantitative estimate of drug-likeness (QED) is 0.884. The van der Waals surface area contributed by atoms with Gasteiger partial charge >= 0.3 is 5.97 Å². The van der Waals surface area contributed by atoms with E-state index in [9.17, 15) is 19.5 Å². The number of carbonyl (C=O) groups excluding carboxylic acids is 2. The summed E-state index contributed by atoms with van der Waals surface area (Å²) in [5.41, 5.74) is 5.21. The molecule has 118 valence electrons. The van der Waals surface area contributed by atoms with Crippen LogP contribution in [0.15, 0.2) is 12.1 Å². The SMILES string of the molecule is NC(=O)c1ccc(C(=O)N2[C@H](C(=O)O)C[C@H]3CCCC[C@@H]32)s1. The molecular formula is C15H18N2O4S. The number of thiophene rings is 1. The number of aliphatic carboxylic acids is 1. The molecule has 1 saturated carbocycles. The first-order valence-corrected chi connectivity index (χ1v) is 8.26. The third kappa shape index (κ3) is 2.49. The Kier molecular flexibility index (Phi) is 3.90. The van der Waals surface area contributed by atoms with Gasteiger partial charge in [-0.2, -0.15) is 0 Å². The highest BCUT2D eigenvalue weighted by molar-refractivity contribution is 7.15. The zero-order chi connectivity index (χ0) is 15.9. The van der Waals surface area contributed by atoms with E-state index in [0.29, 0.717) is 16.2 Å². The Morgan fingerprint density at radius 2 is 1.86 bits per heavy atom. The fourth-order valence-electron chi connectivity index (χ4n) is 3.69. The Labute approximate surface area is 131 Å². The largest absolute Gasteiger partial charge is 0.480 e. The van der Waals surface area contributed by atoms with Gasteiger partial charge in [-0.3, -0.25) is 9.59 Å². The van der Waals surface area contributed by atoms with Crippen molar-refractivity contribution in [3.8, 4) is 0 Å². The maximum absolute atomic E-state index is 12.8. The monoisotopic (exact) mass is 322 g/mol. The van der Waals surface area contributed by atoms with E-state index in [1.165, 1.54) is 11.0 Å². The number of hydrogen-bond donors (Lipinski definition) is 2. The predicted octanol–water partition coefficient (Wildman–Crippen LogP) is 1.70. The van der Waals surface area contributed by atoms with Crippen LogP contribution in [0.3, 0.4) is 0 Å². The van der Waals surface area contributed by atoms with Gasteiger partial charge in [-0.05, 0) is 37.3 Å². The molecule has 2 amide bonds. The smallest absolute Gasteiger partial charge is 0.326 e. The molecule has 0 bridgehead atoms. The highest BCUT2D eigenvalue weighted by atomic mass is 32.1. The number of carboxylic acid groups (broad SMARTS) is 1. The molecule has 0 radical (unpaired) electrons. The van der Waals surface area contributed by atoms with Gasteiger partial charge in [-0.1, -0.05) is 12.8 Å². The van der Waals surface area contributed by atoms with Crippen molar-refractivity contribution in [2.24, 2.45) is 11.7 Å². The van der Waals surface area contributed by atoms with E-state index in [2.05, 4.69) is 0 Å². The molecule has 0 spiro atoms. The first kappa shape index (κ1) is 15.0. The minimum absolute atomic E-state index is 0.00137. The van der Waals surface area contributed by atoms with Crippen LogP contribution >= 0.6 is 11.3 Å². The number of amides is 2. The van der Waals surface area contributed by atoms with E-state index in [1.807, 2.05) is 0 Å². The van der Waals surface area contributed by atoms with Crippen LogP contribution in [0.4, 0.5) is 0 Å². The number of nitrogens with zero attached hydrogens (tertiary/aromatic N) is 1. The zero-order valence-electron chi connectivity index (χ0n) is 12.0. The van der Waals surface area contributed by atoms with Crippen LogP contribution in [0.1, 0.15) is 51.4 Å². The Hall–Kier alpha value is -1.89. The van der Waals surface area contributed by atoms with Crippen LogP contribution in [0.2, 0.25) is 0 Å². The highest BCUT2D eigenvalue weighted by Gasteiger charge is 2.47. The molecule has 1 aliphatic heterocycles. The number of rotatable bonds is 3. The second-order valence-electron chi connectivity index (χ2n) is 5.94. The normalized spacial score (nSPS) is 27.5. The maximum Gasteiger partial charge on any atom is 0.326 e. The highest BCUT2D eigenvalue weighted by Crippen LogP contribution is 2.41. The van der Waals surface area contributed by atoms with Crippen molar-refractivity contribution in [2.45, 2.75) is 44.2 Å². The van der Waals surface area contributed by atoms with Crippen molar-refractivity contribution >= 4 is 29.1 Å². The minimum atomic E-state index is -0.950. The number of primary amides is 1. The number of nitrogens with two attached hydrogens (primary N) is 1. The van der Waals surface area contributed by atoms with Crippen LogP contribution in [0.5, 0.6) is 0 Å². The lowest BCUT2D eigenvalue weighted by Crippen LogP contribution is -2.46. The molecule has 2 aliphatic rings. The second-order valence-corrected chi connectivity index (χ2v) is 7.03. The summed E-state index contributed by atoms with van der Waals surface area (Å²) >= 11 is 1.03. The third-order valence-corrected chi connectivity index (χ3v) is 5.76. The number of hydrogen-bond acceptors (Lipinski definition) is 4. The van der Waals surface area contributed by atoms with Crippen LogP contribution < -0.4 is 5.73 Å². The molecule has 6 nitrogen and oxygen atoms in total. The van der Waals surface area contributed by atoms with Crippen LogP contribution in [-0.2, 0) is 4.79 Å². The van der Waals surface area contributed by atoms with Crippen LogP contribution in [-0.4, -0.2) is 39.9 Å². The number of fused-ring (bicyclic) bond motifs is 1. The summed E-state index contributed by atoms with van der Waals surface area (Å²) in [6, 6.07) is 2.31. The van der Waals surface area contributed by atoms with Crippen molar-refractivity contribution in [1.29, 1.82) is 0 Å². The van der Waals surface area contributed by atoms with Gasteiger partial charge in [-0.15, -0.1) is 11.3 Å². The van der Waals surface area contributed by atoms with Crippen molar-refractivity contribution in [3.63, 3.8) is 0 Å². The number of carbonyl (C=O) groups is 3. The van der Waals surface area contributed by atoms with E-state index >= 15 is 0 Å². The van der Waals surface area contributed by atoms with E-state index in [4.69, 9.17) is 5.73 Å². The molecule has 22 heavy (non-hydrogen) atoms. The number of likely N-dealkylation sites (tertiary alicyclic amines) is 1.